The normalized spacial score (nSPS) is 26.6. The number of hydrogen-bond acceptors (Lipinski definition) is 4. The van der Waals surface area contributed by atoms with Crippen LogP contribution in [-0.4, -0.2) is 22.6 Å². The van der Waals surface area contributed by atoms with Gasteiger partial charge in [0.05, 0.1) is 18.3 Å². The van der Waals surface area contributed by atoms with Crippen molar-refractivity contribution < 1.29 is 14.6 Å². The number of rotatable bonds is 2. The van der Waals surface area contributed by atoms with E-state index >= 15 is 0 Å². The SMILES string of the molecule is NC(=O)[C@H]1CC[C@H](C2COc3cnc4ccc(O)cc4c3C2)CC1. The molecule has 1 aliphatic heterocycles. The molecule has 1 amide bonds. The zero-order valence-corrected chi connectivity index (χ0v) is 13.6. The van der Waals surface area contributed by atoms with Gasteiger partial charge in [0, 0.05) is 16.9 Å². The Morgan fingerprint density at radius 3 is 2.75 bits per heavy atom. The first-order chi connectivity index (χ1) is 11.6. The lowest BCUT2D eigenvalue weighted by atomic mass is 9.73. The number of aromatic hydroxyl groups is 1. The largest absolute Gasteiger partial charge is 0.508 e. The fourth-order valence-corrected chi connectivity index (χ4v) is 4.25. The van der Waals surface area contributed by atoms with Crippen LogP contribution >= 0.6 is 0 Å². The number of carbonyl (C=O) groups excluding carboxylic acids is 1. The van der Waals surface area contributed by atoms with Gasteiger partial charge in [0.25, 0.3) is 0 Å². The van der Waals surface area contributed by atoms with Crippen molar-refractivity contribution >= 4 is 16.8 Å². The van der Waals surface area contributed by atoms with Gasteiger partial charge in [0.2, 0.25) is 5.91 Å². The van der Waals surface area contributed by atoms with Crippen molar-refractivity contribution in [1.29, 1.82) is 0 Å². The summed E-state index contributed by atoms with van der Waals surface area (Å²) in [6.07, 6.45) is 6.57. The summed E-state index contributed by atoms with van der Waals surface area (Å²) in [6.45, 7) is 0.699. The van der Waals surface area contributed by atoms with Gasteiger partial charge in [-0.15, -0.1) is 0 Å². The van der Waals surface area contributed by atoms with Crippen molar-refractivity contribution in [3.63, 3.8) is 0 Å². The highest BCUT2D eigenvalue weighted by molar-refractivity contribution is 5.85. The van der Waals surface area contributed by atoms with Gasteiger partial charge in [-0.05, 0) is 62.1 Å². The number of nitrogens with two attached hydrogens (primary N) is 1. The van der Waals surface area contributed by atoms with Gasteiger partial charge >= 0.3 is 0 Å². The Hall–Kier alpha value is -2.30. The average molecular weight is 326 g/mol. The van der Waals surface area contributed by atoms with Crippen LogP contribution in [0.2, 0.25) is 0 Å². The predicted octanol–water partition coefficient (Wildman–Crippen LogP) is 2.78. The maximum Gasteiger partial charge on any atom is 0.220 e. The molecular weight excluding hydrogens is 304 g/mol. The van der Waals surface area contributed by atoms with Crippen molar-refractivity contribution in [2.45, 2.75) is 32.1 Å². The summed E-state index contributed by atoms with van der Waals surface area (Å²) < 4.78 is 5.98. The number of aromatic nitrogens is 1. The Kier molecular flexibility index (Phi) is 3.79. The molecule has 0 spiro atoms. The second-order valence-corrected chi connectivity index (χ2v) is 7.09. The minimum Gasteiger partial charge on any atom is -0.508 e. The molecule has 2 aromatic rings. The lowest BCUT2D eigenvalue weighted by Gasteiger charge is -2.35. The Labute approximate surface area is 140 Å². The number of primary amides is 1. The molecular formula is C19H22N2O3. The molecule has 126 valence electrons. The molecule has 5 nitrogen and oxygen atoms in total. The predicted molar refractivity (Wildman–Crippen MR) is 90.7 cm³/mol. The molecule has 0 saturated heterocycles. The van der Waals surface area contributed by atoms with Crippen molar-refractivity contribution in [3.05, 3.63) is 30.0 Å². The zero-order chi connectivity index (χ0) is 16.7. The van der Waals surface area contributed by atoms with Crippen molar-refractivity contribution in [2.75, 3.05) is 6.61 Å². The average Bonchev–Trinajstić information content (AvgIpc) is 2.61. The Balaban J connectivity index is 1.57. The van der Waals surface area contributed by atoms with E-state index in [2.05, 4.69) is 4.98 Å². The van der Waals surface area contributed by atoms with E-state index in [4.69, 9.17) is 10.5 Å². The van der Waals surface area contributed by atoms with Crippen molar-refractivity contribution in [2.24, 2.45) is 23.5 Å². The summed E-state index contributed by atoms with van der Waals surface area (Å²) >= 11 is 0. The van der Waals surface area contributed by atoms with E-state index in [0.717, 1.165) is 54.3 Å². The molecule has 5 heteroatoms. The van der Waals surface area contributed by atoms with Crippen molar-refractivity contribution in [3.8, 4) is 11.5 Å². The van der Waals surface area contributed by atoms with Gasteiger partial charge < -0.3 is 15.6 Å². The standard InChI is InChI=1S/C19H22N2O3/c20-19(23)12-3-1-11(2-4-12)13-7-16-15-8-14(22)5-6-17(15)21-9-18(16)24-10-13/h5-6,8-9,11-13,22H,1-4,7,10H2,(H2,20,23)/t11-,12-,13?. The highest BCUT2D eigenvalue weighted by atomic mass is 16.5. The monoisotopic (exact) mass is 326 g/mol. The number of fused-ring (bicyclic) bond motifs is 3. The molecule has 1 saturated carbocycles. The fourth-order valence-electron chi connectivity index (χ4n) is 4.25. The molecule has 1 fully saturated rings. The summed E-state index contributed by atoms with van der Waals surface area (Å²) in [4.78, 5) is 15.8. The van der Waals surface area contributed by atoms with Crippen LogP contribution in [-0.2, 0) is 11.2 Å². The third-order valence-electron chi connectivity index (χ3n) is 5.68. The van der Waals surface area contributed by atoms with Crippen LogP contribution in [0, 0.1) is 17.8 Å². The number of amides is 1. The molecule has 0 radical (unpaired) electrons. The summed E-state index contributed by atoms with van der Waals surface area (Å²) in [5.41, 5.74) is 7.46. The van der Waals surface area contributed by atoms with E-state index in [-0.39, 0.29) is 17.6 Å². The topological polar surface area (TPSA) is 85.4 Å². The second kappa shape index (κ2) is 5.96. The molecule has 0 bridgehead atoms. The zero-order valence-electron chi connectivity index (χ0n) is 13.6. The molecule has 1 unspecified atom stereocenters. The van der Waals surface area contributed by atoms with Crippen LogP contribution < -0.4 is 10.5 Å². The van der Waals surface area contributed by atoms with E-state index in [9.17, 15) is 9.90 Å². The number of pyridine rings is 1. The van der Waals surface area contributed by atoms with Gasteiger partial charge in [-0.3, -0.25) is 9.78 Å². The maximum atomic E-state index is 11.3. The molecule has 4 rings (SSSR count). The minimum atomic E-state index is -0.161. The molecule has 1 aliphatic carbocycles. The van der Waals surface area contributed by atoms with Crippen LogP contribution in [0.3, 0.4) is 0 Å². The Morgan fingerprint density at radius 2 is 2.00 bits per heavy atom. The molecule has 1 aromatic heterocycles. The van der Waals surface area contributed by atoms with Gasteiger partial charge in [0.15, 0.2) is 0 Å². The van der Waals surface area contributed by atoms with Crippen LogP contribution in [0.1, 0.15) is 31.2 Å². The maximum absolute atomic E-state index is 11.3. The van der Waals surface area contributed by atoms with E-state index in [1.807, 2.05) is 6.07 Å². The number of phenolic OH excluding ortho intramolecular Hbond substituents is 1. The molecule has 1 aromatic carbocycles. The number of nitrogens with zero attached hydrogens (tertiary/aromatic N) is 1. The fraction of sp³-hybridized carbons (Fsp3) is 0.474. The summed E-state index contributed by atoms with van der Waals surface area (Å²) in [7, 11) is 0. The van der Waals surface area contributed by atoms with Crippen LogP contribution in [0.25, 0.3) is 10.9 Å². The van der Waals surface area contributed by atoms with Gasteiger partial charge in [0.1, 0.15) is 11.5 Å². The third kappa shape index (κ3) is 2.68. The number of ether oxygens (including phenoxy) is 1. The minimum absolute atomic E-state index is 0.0417. The molecule has 2 heterocycles. The number of benzene rings is 1. The first-order valence-electron chi connectivity index (χ1n) is 8.64. The van der Waals surface area contributed by atoms with Gasteiger partial charge in [-0.1, -0.05) is 0 Å². The van der Waals surface area contributed by atoms with Gasteiger partial charge in [-0.25, -0.2) is 0 Å². The quantitative estimate of drug-likeness (QED) is 0.888. The second-order valence-electron chi connectivity index (χ2n) is 7.09. The molecule has 1 atom stereocenters. The lowest BCUT2D eigenvalue weighted by Crippen LogP contribution is -2.34. The van der Waals surface area contributed by atoms with Crippen LogP contribution in [0.15, 0.2) is 24.4 Å². The first kappa shape index (κ1) is 15.2. The number of hydrogen-bond donors (Lipinski definition) is 2. The van der Waals surface area contributed by atoms with Gasteiger partial charge in [-0.2, -0.15) is 0 Å². The van der Waals surface area contributed by atoms with E-state index < -0.39 is 0 Å². The summed E-state index contributed by atoms with van der Waals surface area (Å²) in [6, 6.07) is 5.28. The Bertz CT molecular complexity index is 782. The number of phenols is 1. The smallest absolute Gasteiger partial charge is 0.220 e. The highest BCUT2D eigenvalue weighted by Gasteiger charge is 2.33. The van der Waals surface area contributed by atoms with Crippen molar-refractivity contribution in [1.82, 2.24) is 4.98 Å². The lowest BCUT2D eigenvalue weighted by molar-refractivity contribution is -0.123. The molecule has 24 heavy (non-hydrogen) atoms. The molecule has 3 N–H and O–H groups in total. The van der Waals surface area contributed by atoms with E-state index in [1.165, 1.54) is 0 Å². The highest BCUT2D eigenvalue weighted by Crippen LogP contribution is 2.40. The summed E-state index contributed by atoms with van der Waals surface area (Å²) in [5, 5.41) is 10.8. The van der Waals surface area contributed by atoms with E-state index in [0.29, 0.717) is 18.4 Å². The first-order valence-corrected chi connectivity index (χ1v) is 8.64. The van der Waals surface area contributed by atoms with Crippen LogP contribution in [0.5, 0.6) is 11.5 Å². The number of carbonyl (C=O) groups is 1. The van der Waals surface area contributed by atoms with Crippen LogP contribution in [0.4, 0.5) is 0 Å². The third-order valence-corrected chi connectivity index (χ3v) is 5.68. The van der Waals surface area contributed by atoms with E-state index in [1.54, 1.807) is 18.3 Å². The summed E-state index contributed by atoms with van der Waals surface area (Å²) in [5.74, 6) is 1.97. The molecule has 2 aliphatic rings. The Morgan fingerprint density at radius 1 is 1.21 bits per heavy atom.